The van der Waals surface area contributed by atoms with E-state index in [0.29, 0.717) is 12.2 Å². The van der Waals surface area contributed by atoms with Gasteiger partial charge in [-0.3, -0.25) is 0 Å². The van der Waals surface area contributed by atoms with Crippen molar-refractivity contribution in [3.05, 3.63) is 34.9 Å². The number of ether oxygens (including phenoxy) is 1. The van der Waals surface area contributed by atoms with Crippen molar-refractivity contribution in [1.82, 2.24) is 0 Å². The Labute approximate surface area is 117 Å². The highest BCUT2D eigenvalue weighted by Gasteiger charge is 2.10. The zero-order chi connectivity index (χ0) is 14.3. The van der Waals surface area contributed by atoms with Gasteiger partial charge in [-0.1, -0.05) is 31.4 Å². The summed E-state index contributed by atoms with van der Waals surface area (Å²) in [6, 6.07) is 3.94. The molecule has 106 valence electrons. The van der Waals surface area contributed by atoms with Gasteiger partial charge in [0.15, 0.2) is 0 Å². The van der Waals surface area contributed by atoms with Crippen LogP contribution in [0.15, 0.2) is 23.8 Å². The summed E-state index contributed by atoms with van der Waals surface area (Å²) in [6.07, 6.45) is 7.42. The van der Waals surface area contributed by atoms with Gasteiger partial charge in [0, 0.05) is 5.56 Å². The van der Waals surface area contributed by atoms with Crippen molar-refractivity contribution in [3.63, 3.8) is 0 Å². The molecule has 0 fully saturated rings. The molecular weight excluding hydrogens is 236 g/mol. The smallest absolute Gasteiger partial charge is 0.126 e. The molecule has 1 N–H and O–H groups in total. The Morgan fingerprint density at radius 1 is 1.26 bits per heavy atom. The first-order valence-electron chi connectivity index (χ1n) is 7.10. The maximum Gasteiger partial charge on any atom is 0.126 e. The van der Waals surface area contributed by atoms with Crippen molar-refractivity contribution < 1.29 is 9.84 Å². The molecule has 0 aliphatic rings. The van der Waals surface area contributed by atoms with Gasteiger partial charge in [0.05, 0.1) is 7.11 Å². The second kappa shape index (κ2) is 7.88. The van der Waals surface area contributed by atoms with Gasteiger partial charge in [0.1, 0.15) is 11.5 Å². The molecular formula is C17H26O2. The topological polar surface area (TPSA) is 29.5 Å². The first-order chi connectivity index (χ1) is 9.08. The standard InChI is InChI=1S/C17H26O2/c1-5-6-7-8-14-11-16(18)15(10-9-13(2)3)17(12-14)19-4/h9,11-12,18H,5-8,10H2,1-4H3. The van der Waals surface area contributed by atoms with Crippen molar-refractivity contribution in [2.45, 2.75) is 52.9 Å². The van der Waals surface area contributed by atoms with Crippen molar-refractivity contribution in [2.75, 3.05) is 7.11 Å². The number of allylic oxidation sites excluding steroid dienone is 2. The molecule has 1 aromatic carbocycles. The summed E-state index contributed by atoms with van der Waals surface area (Å²) >= 11 is 0. The quantitative estimate of drug-likeness (QED) is 0.573. The molecule has 0 bridgehead atoms. The van der Waals surface area contributed by atoms with Crippen LogP contribution in [0.4, 0.5) is 0 Å². The number of phenolic OH excluding ortho intramolecular Hbond substituents is 1. The summed E-state index contributed by atoms with van der Waals surface area (Å²) in [4.78, 5) is 0. The molecule has 0 aliphatic heterocycles. The van der Waals surface area contributed by atoms with Gasteiger partial charge >= 0.3 is 0 Å². The predicted octanol–water partition coefficient (Wildman–Crippen LogP) is 4.64. The molecule has 1 aromatic rings. The lowest BCUT2D eigenvalue weighted by atomic mass is 10.0. The molecule has 0 heterocycles. The lowest BCUT2D eigenvalue weighted by Gasteiger charge is -2.12. The van der Waals surface area contributed by atoms with Crippen LogP contribution < -0.4 is 4.74 Å². The number of unbranched alkanes of at least 4 members (excludes halogenated alkanes) is 2. The summed E-state index contributed by atoms with van der Waals surface area (Å²) < 4.78 is 5.42. The molecule has 0 aliphatic carbocycles. The summed E-state index contributed by atoms with van der Waals surface area (Å²) in [5, 5.41) is 10.2. The third-order valence-corrected chi connectivity index (χ3v) is 3.25. The van der Waals surface area contributed by atoms with Crippen LogP contribution in [0.1, 0.15) is 51.2 Å². The van der Waals surface area contributed by atoms with Gasteiger partial charge in [-0.15, -0.1) is 0 Å². The zero-order valence-electron chi connectivity index (χ0n) is 12.6. The number of aromatic hydroxyl groups is 1. The maximum atomic E-state index is 10.2. The SMILES string of the molecule is CCCCCc1cc(O)c(CC=C(C)C)c(OC)c1. The minimum absolute atomic E-state index is 0.350. The lowest BCUT2D eigenvalue weighted by Crippen LogP contribution is -1.95. The van der Waals surface area contributed by atoms with Crippen LogP contribution in [0.3, 0.4) is 0 Å². The van der Waals surface area contributed by atoms with Crippen LogP contribution in [-0.4, -0.2) is 12.2 Å². The summed E-state index contributed by atoms with van der Waals surface area (Å²) in [5.41, 5.74) is 3.28. The maximum absolute atomic E-state index is 10.2. The first-order valence-corrected chi connectivity index (χ1v) is 7.10. The Kier molecular flexibility index (Phi) is 6.48. The van der Waals surface area contributed by atoms with E-state index in [2.05, 4.69) is 32.9 Å². The van der Waals surface area contributed by atoms with Crippen molar-refractivity contribution in [2.24, 2.45) is 0 Å². The van der Waals surface area contributed by atoms with E-state index in [1.807, 2.05) is 6.07 Å². The van der Waals surface area contributed by atoms with Gasteiger partial charge in [-0.25, -0.2) is 0 Å². The molecule has 0 radical (unpaired) electrons. The first kappa shape index (κ1) is 15.6. The second-order valence-corrected chi connectivity index (χ2v) is 5.24. The minimum Gasteiger partial charge on any atom is -0.508 e. The Bertz CT molecular complexity index is 429. The van der Waals surface area contributed by atoms with E-state index < -0.39 is 0 Å². The average molecular weight is 262 g/mol. The number of rotatable bonds is 7. The highest BCUT2D eigenvalue weighted by Crippen LogP contribution is 2.31. The molecule has 0 aromatic heterocycles. The number of aryl methyl sites for hydroxylation is 1. The molecule has 0 saturated carbocycles. The number of phenols is 1. The fraction of sp³-hybridized carbons (Fsp3) is 0.529. The fourth-order valence-corrected chi connectivity index (χ4v) is 2.10. The highest BCUT2D eigenvalue weighted by atomic mass is 16.5. The molecule has 0 saturated heterocycles. The van der Waals surface area contributed by atoms with Crippen LogP contribution in [0.5, 0.6) is 11.5 Å². The fourth-order valence-electron chi connectivity index (χ4n) is 2.10. The van der Waals surface area contributed by atoms with Crippen molar-refractivity contribution in [1.29, 1.82) is 0 Å². The number of benzene rings is 1. The molecule has 0 unspecified atom stereocenters. The van der Waals surface area contributed by atoms with Gasteiger partial charge in [0.2, 0.25) is 0 Å². The van der Waals surface area contributed by atoms with E-state index in [1.54, 1.807) is 7.11 Å². The van der Waals surface area contributed by atoms with Gasteiger partial charge in [-0.2, -0.15) is 0 Å². The van der Waals surface area contributed by atoms with Crippen LogP contribution in [0, 0.1) is 0 Å². The van der Waals surface area contributed by atoms with E-state index in [4.69, 9.17) is 4.74 Å². The number of hydrogen-bond acceptors (Lipinski definition) is 2. The normalized spacial score (nSPS) is 10.3. The Morgan fingerprint density at radius 2 is 2.00 bits per heavy atom. The van der Waals surface area contributed by atoms with Gasteiger partial charge < -0.3 is 9.84 Å². The van der Waals surface area contributed by atoms with E-state index in [0.717, 1.165) is 29.7 Å². The Hall–Kier alpha value is -1.44. The molecule has 0 amide bonds. The van der Waals surface area contributed by atoms with Crippen molar-refractivity contribution >= 4 is 0 Å². The van der Waals surface area contributed by atoms with Gasteiger partial charge in [0.25, 0.3) is 0 Å². The van der Waals surface area contributed by atoms with Crippen molar-refractivity contribution in [3.8, 4) is 11.5 Å². The monoisotopic (exact) mass is 262 g/mol. The summed E-state index contributed by atoms with van der Waals surface area (Å²) in [5.74, 6) is 1.15. The lowest BCUT2D eigenvalue weighted by molar-refractivity contribution is 0.400. The Morgan fingerprint density at radius 3 is 2.58 bits per heavy atom. The third kappa shape index (κ3) is 4.98. The second-order valence-electron chi connectivity index (χ2n) is 5.24. The van der Waals surface area contributed by atoms with Gasteiger partial charge in [-0.05, 0) is 50.8 Å². The van der Waals surface area contributed by atoms with Crippen LogP contribution >= 0.6 is 0 Å². The molecule has 2 heteroatoms. The zero-order valence-corrected chi connectivity index (χ0v) is 12.6. The van der Waals surface area contributed by atoms with E-state index >= 15 is 0 Å². The molecule has 2 nitrogen and oxygen atoms in total. The summed E-state index contributed by atoms with van der Waals surface area (Å²) in [6.45, 7) is 6.31. The van der Waals surface area contributed by atoms with Crippen LogP contribution in [0.2, 0.25) is 0 Å². The number of hydrogen-bond donors (Lipinski definition) is 1. The predicted molar refractivity (Wildman–Crippen MR) is 81.0 cm³/mol. The van der Waals surface area contributed by atoms with E-state index in [9.17, 15) is 5.11 Å². The average Bonchev–Trinajstić information content (AvgIpc) is 2.37. The van der Waals surface area contributed by atoms with Crippen LogP contribution in [-0.2, 0) is 12.8 Å². The van der Waals surface area contributed by atoms with E-state index in [1.165, 1.54) is 18.4 Å². The molecule has 0 spiro atoms. The highest BCUT2D eigenvalue weighted by molar-refractivity contribution is 5.48. The molecule has 1 rings (SSSR count). The van der Waals surface area contributed by atoms with Crippen LogP contribution in [0.25, 0.3) is 0 Å². The molecule has 19 heavy (non-hydrogen) atoms. The minimum atomic E-state index is 0.350. The summed E-state index contributed by atoms with van der Waals surface area (Å²) in [7, 11) is 1.66. The Balaban J connectivity index is 2.91. The third-order valence-electron chi connectivity index (χ3n) is 3.25. The largest absolute Gasteiger partial charge is 0.508 e. The van der Waals surface area contributed by atoms with E-state index in [-0.39, 0.29) is 0 Å². The molecule has 0 atom stereocenters. The number of methoxy groups -OCH3 is 1.